The third-order valence-corrected chi connectivity index (χ3v) is 3.22. The highest BCUT2D eigenvalue weighted by Crippen LogP contribution is 2.29. The molecule has 0 aromatic heterocycles. The van der Waals surface area contributed by atoms with Crippen molar-refractivity contribution in [2.45, 2.75) is 26.9 Å². The number of rotatable bonds is 6. The maximum Gasteiger partial charge on any atom is 0.352 e. The molecule has 5 nitrogen and oxygen atoms in total. The molecule has 0 radical (unpaired) electrons. The Morgan fingerprint density at radius 2 is 2.00 bits per heavy atom. The van der Waals surface area contributed by atoms with Crippen molar-refractivity contribution in [1.82, 2.24) is 0 Å². The van der Waals surface area contributed by atoms with E-state index in [0.717, 1.165) is 5.56 Å². The van der Waals surface area contributed by atoms with Crippen LogP contribution in [0.25, 0.3) is 0 Å². The molecule has 0 fully saturated rings. The molecule has 5 heteroatoms. The lowest BCUT2D eigenvalue weighted by Crippen LogP contribution is -2.28. The van der Waals surface area contributed by atoms with Gasteiger partial charge in [-0.1, -0.05) is 12.1 Å². The molecule has 0 aliphatic carbocycles. The molecule has 2 rings (SSSR count). The number of carbonyl (C=O) groups excluding carboxylic acids is 1. The summed E-state index contributed by atoms with van der Waals surface area (Å²) in [5.41, 5.74) is 1.47. The third-order valence-electron chi connectivity index (χ3n) is 3.22. The predicted octanol–water partition coefficient (Wildman–Crippen LogP) is 3.64. The van der Waals surface area contributed by atoms with Crippen LogP contribution in [0.15, 0.2) is 42.5 Å². The number of nitrogens with zero attached hydrogens (tertiary/aromatic N) is 1. The molecule has 1 atom stereocenters. The van der Waals surface area contributed by atoms with Crippen LogP contribution in [0.3, 0.4) is 0 Å². The Bertz CT molecular complexity index is 764. The first-order valence-corrected chi connectivity index (χ1v) is 7.65. The minimum atomic E-state index is -0.781. The van der Waals surface area contributed by atoms with Crippen molar-refractivity contribution in [3.8, 4) is 23.3 Å². The third kappa shape index (κ3) is 4.50. The predicted molar refractivity (Wildman–Crippen MR) is 89.2 cm³/mol. The molecule has 124 valence electrons. The summed E-state index contributed by atoms with van der Waals surface area (Å²) >= 11 is 0. The summed E-state index contributed by atoms with van der Waals surface area (Å²) in [7, 11) is 0. The SMILES string of the molecule is CCOc1cc(C#N)ccc1OC(=O)[C@H](C)Oc1cccc(C)c1. The molecule has 24 heavy (non-hydrogen) atoms. The number of hydrogen-bond donors (Lipinski definition) is 0. The highest BCUT2D eigenvalue weighted by Gasteiger charge is 2.19. The number of carbonyl (C=O) groups is 1. The molecule has 0 N–H and O–H groups in total. The molecule has 0 heterocycles. The summed E-state index contributed by atoms with van der Waals surface area (Å²) in [5, 5.41) is 8.94. The van der Waals surface area contributed by atoms with Crippen molar-refractivity contribution in [1.29, 1.82) is 5.26 Å². The van der Waals surface area contributed by atoms with Gasteiger partial charge in [0.2, 0.25) is 0 Å². The fourth-order valence-corrected chi connectivity index (χ4v) is 2.06. The Morgan fingerprint density at radius 1 is 1.21 bits per heavy atom. The Balaban J connectivity index is 2.09. The first-order valence-electron chi connectivity index (χ1n) is 7.65. The molecule has 0 saturated carbocycles. The highest BCUT2D eigenvalue weighted by molar-refractivity contribution is 5.78. The van der Waals surface area contributed by atoms with Crippen LogP contribution in [0.5, 0.6) is 17.2 Å². The molecular formula is C19H19NO4. The molecule has 0 bridgehead atoms. The highest BCUT2D eigenvalue weighted by atomic mass is 16.6. The van der Waals surface area contributed by atoms with Crippen molar-refractivity contribution in [3.05, 3.63) is 53.6 Å². The summed E-state index contributed by atoms with van der Waals surface area (Å²) < 4.78 is 16.4. The van der Waals surface area contributed by atoms with Crippen LogP contribution in [0.2, 0.25) is 0 Å². The van der Waals surface area contributed by atoms with E-state index >= 15 is 0 Å². The second-order valence-electron chi connectivity index (χ2n) is 5.20. The summed E-state index contributed by atoms with van der Waals surface area (Å²) in [6.45, 7) is 5.78. The van der Waals surface area contributed by atoms with Gasteiger partial charge in [-0.15, -0.1) is 0 Å². The van der Waals surface area contributed by atoms with Gasteiger partial charge in [-0.05, 0) is 50.6 Å². The minimum absolute atomic E-state index is 0.264. The molecule has 0 amide bonds. The second-order valence-corrected chi connectivity index (χ2v) is 5.20. The lowest BCUT2D eigenvalue weighted by Gasteiger charge is -2.16. The monoisotopic (exact) mass is 325 g/mol. The average molecular weight is 325 g/mol. The van der Waals surface area contributed by atoms with E-state index in [1.165, 1.54) is 6.07 Å². The number of aryl methyl sites for hydroxylation is 1. The van der Waals surface area contributed by atoms with E-state index in [0.29, 0.717) is 23.7 Å². The summed E-state index contributed by atoms with van der Waals surface area (Å²) in [5.74, 6) is 0.680. The fourth-order valence-electron chi connectivity index (χ4n) is 2.06. The zero-order chi connectivity index (χ0) is 17.5. The van der Waals surface area contributed by atoms with Gasteiger partial charge in [-0.2, -0.15) is 5.26 Å². The Kier molecular flexibility index (Phi) is 5.80. The van der Waals surface area contributed by atoms with E-state index in [1.807, 2.05) is 38.1 Å². The van der Waals surface area contributed by atoms with Crippen LogP contribution in [-0.2, 0) is 4.79 Å². The topological polar surface area (TPSA) is 68.5 Å². The standard InChI is InChI=1S/C19H19NO4/c1-4-22-18-11-15(12-20)8-9-17(18)24-19(21)14(3)23-16-7-5-6-13(2)10-16/h5-11,14H,4H2,1-3H3/t14-/m0/s1. The lowest BCUT2D eigenvalue weighted by atomic mass is 10.2. The number of benzene rings is 2. The molecule has 0 aliphatic heterocycles. The van der Waals surface area contributed by atoms with Crippen LogP contribution in [0.4, 0.5) is 0 Å². The average Bonchev–Trinajstić information content (AvgIpc) is 2.56. The quantitative estimate of drug-likeness (QED) is 0.599. The van der Waals surface area contributed by atoms with Crippen LogP contribution in [0, 0.1) is 18.3 Å². The van der Waals surface area contributed by atoms with Gasteiger partial charge in [0.15, 0.2) is 17.6 Å². The van der Waals surface area contributed by atoms with Gasteiger partial charge in [-0.3, -0.25) is 0 Å². The Hall–Kier alpha value is -3.00. The molecule has 2 aromatic carbocycles. The maximum absolute atomic E-state index is 12.2. The van der Waals surface area contributed by atoms with E-state index in [1.54, 1.807) is 25.1 Å². The summed E-state index contributed by atoms with van der Waals surface area (Å²) in [4.78, 5) is 12.2. The van der Waals surface area contributed by atoms with Gasteiger partial charge in [-0.25, -0.2) is 4.79 Å². The molecule has 2 aromatic rings. The summed E-state index contributed by atoms with van der Waals surface area (Å²) in [6.07, 6.45) is -0.781. The van der Waals surface area contributed by atoms with E-state index in [4.69, 9.17) is 19.5 Å². The van der Waals surface area contributed by atoms with Gasteiger partial charge in [0.25, 0.3) is 0 Å². The Labute approximate surface area is 141 Å². The van der Waals surface area contributed by atoms with E-state index < -0.39 is 12.1 Å². The largest absolute Gasteiger partial charge is 0.490 e. The van der Waals surface area contributed by atoms with Crippen molar-refractivity contribution in [2.75, 3.05) is 6.61 Å². The summed E-state index contributed by atoms with van der Waals surface area (Å²) in [6, 6.07) is 14.1. The van der Waals surface area contributed by atoms with Crippen LogP contribution in [-0.4, -0.2) is 18.7 Å². The van der Waals surface area contributed by atoms with Gasteiger partial charge < -0.3 is 14.2 Å². The zero-order valence-corrected chi connectivity index (χ0v) is 13.9. The zero-order valence-electron chi connectivity index (χ0n) is 13.9. The molecule has 0 unspecified atom stereocenters. The molecular weight excluding hydrogens is 306 g/mol. The van der Waals surface area contributed by atoms with Gasteiger partial charge >= 0.3 is 5.97 Å². The first kappa shape index (κ1) is 17.4. The van der Waals surface area contributed by atoms with Crippen LogP contribution in [0.1, 0.15) is 25.0 Å². The van der Waals surface area contributed by atoms with Crippen LogP contribution >= 0.6 is 0 Å². The normalized spacial score (nSPS) is 11.2. The van der Waals surface area contributed by atoms with E-state index in [2.05, 4.69) is 0 Å². The number of esters is 1. The van der Waals surface area contributed by atoms with Gasteiger partial charge in [0.05, 0.1) is 18.2 Å². The first-order chi connectivity index (χ1) is 11.5. The second kappa shape index (κ2) is 8.02. The van der Waals surface area contributed by atoms with Crippen LogP contribution < -0.4 is 14.2 Å². The minimum Gasteiger partial charge on any atom is -0.490 e. The van der Waals surface area contributed by atoms with Crippen molar-refractivity contribution < 1.29 is 19.0 Å². The van der Waals surface area contributed by atoms with Gasteiger partial charge in [0, 0.05) is 6.07 Å². The number of ether oxygens (including phenoxy) is 3. The van der Waals surface area contributed by atoms with Crippen molar-refractivity contribution >= 4 is 5.97 Å². The van der Waals surface area contributed by atoms with E-state index in [-0.39, 0.29) is 5.75 Å². The van der Waals surface area contributed by atoms with E-state index in [9.17, 15) is 4.79 Å². The lowest BCUT2D eigenvalue weighted by molar-refractivity contribution is -0.141. The molecule has 0 aliphatic rings. The van der Waals surface area contributed by atoms with Crippen molar-refractivity contribution in [3.63, 3.8) is 0 Å². The molecule has 0 saturated heterocycles. The molecule has 0 spiro atoms. The fraction of sp³-hybridized carbons (Fsp3) is 0.263. The van der Waals surface area contributed by atoms with Crippen molar-refractivity contribution in [2.24, 2.45) is 0 Å². The Morgan fingerprint density at radius 3 is 2.67 bits per heavy atom. The maximum atomic E-state index is 12.2. The number of hydrogen-bond acceptors (Lipinski definition) is 5. The van der Waals surface area contributed by atoms with Gasteiger partial charge in [0.1, 0.15) is 5.75 Å². The smallest absolute Gasteiger partial charge is 0.352 e. The number of nitriles is 1.